The molecule has 2 nitrogen and oxygen atoms in total. The molecule has 1 saturated heterocycles. The zero-order valence-electron chi connectivity index (χ0n) is 9.70. The van der Waals surface area contributed by atoms with Crippen molar-refractivity contribution in [1.29, 1.82) is 0 Å². The number of hydrogen-bond donors (Lipinski definition) is 2. The molecule has 2 N–H and O–H groups in total. The van der Waals surface area contributed by atoms with Crippen molar-refractivity contribution in [2.75, 3.05) is 0 Å². The van der Waals surface area contributed by atoms with Crippen molar-refractivity contribution in [3.63, 3.8) is 0 Å². The largest absolute Gasteiger partial charge is 0.387 e. The molecule has 0 spiro atoms. The number of nitrogens with one attached hydrogen (secondary N) is 1. The number of rotatable bonds is 2. The molecular formula is C13H18ClNO. The fourth-order valence-corrected chi connectivity index (χ4v) is 2.52. The first-order valence-corrected chi connectivity index (χ1v) is 6.07. The summed E-state index contributed by atoms with van der Waals surface area (Å²) in [7, 11) is 0. The quantitative estimate of drug-likeness (QED) is 0.832. The highest BCUT2D eigenvalue weighted by atomic mass is 35.5. The van der Waals surface area contributed by atoms with Crippen LogP contribution in [-0.4, -0.2) is 16.7 Å². The molecule has 88 valence electrons. The smallest absolute Gasteiger partial charge is 0.0943 e. The van der Waals surface area contributed by atoms with Gasteiger partial charge >= 0.3 is 0 Å². The molecule has 1 aromatic rings. The average Bonchev–Trinajstić information content (AvgIpc) is 2.58. The summed E-state index contributed by atoms with van der Waals surface area (Å²) in [6, 6.07) is 7.58. The number of aliphatic hydroxyl groups excluding tert-OH is 1. The minimum absolute atomic E-state index is 0.129. The van der Waals surface area contributed by atoms with Gasteiger partial charge in [-0.15, -0.1) is 0 Å². The van der Waals surface area contributed by atoms with E-state index < -0.39 is 6.10 Å². The van der Waals surface area contributed by atoms with Crippen LogP contribution in [-0.2, 0) is 0 Å². The van der Waals surface area contributed by atoms with Crippen molar-refractivity contribution < 1.29 is 5.11 Å². The summed E-state index contributed by atoms with van der Waals surface area (Å²) in [6.07, 6.45) is 1.62. The van der Waals surface area contributed by atoms with Crippen LogP contribution in [0.4, 0.5) is 0 Å². The Hall–Kier alpha value is -0.570. The maximum atomic E-state index is 10.3. The molecule has 2 rings (SSSR count). The van der Waals surface area contributed by atoms with E-state index in [0.717, 1.165) is 18.4 Å². The molecule has 1 aliphatic rings. The summed E-state index contributed by atoms with van der Waals surface area (Å²) < 4.78 is 0. The van der Waals surface area contributed by atoms with Crippen LogP contribution in [0.15, 0.2) is 24.3 Å². The molecule has 0 unspecified atom stereocenters. The minimum Gasteiger partial charge on any atom is -0.387 e. The van der Waals surface area contributed by atoms with Gasteiger partial charge in [0.1, 0.15) is 0 Å². The van der Waals surface area contributed by atoms with E-state index in [1.165, 1.54) is 0 Å². The Kier molecular flexibility index (Phi) is 3.24. The first kappa shape index (κ1) is 11.9. The topological polar surface area (TPSA) is 32.3 Å². The molecule has 16 heavy (non-hydrogen) atoms. The number of hydrogen-bond acceptors (Lipinski definition) is 2. The van der Waals surface area contributed by atoms with Gasteiger partial charge in [0, 0.05) is 16.6 Å². The van der Waals surface area contributed by atoms with Gasteiger partial charge in [0.2, 0.25) is 0 Å². The van der Waals surface area contributed by atoms with Crippen molar-refractivity contribution in [3.8, 4) is 0 Å². The Morgan fingerprint density at radius 3 is 2.81 bits per heavy atom. The third kappa shape index (κ3) is 2.57. The fourth-order valence-electron chi connectivity index (χ4n) is 2.32. The van der Waals surface area contributed by atoms with Crippen molar-refractivity contribution in [1.82, 2.24) is 5.32 Å². The first-order valence-electron chi connectivity index (χ1n) is 5.69. The summed E-state index contributed by atoms with van der Waals surface area (Å²) >= 11 is 5.92. The summed E-state index contributed by atoms with van der Waals surface area (Å²) in [5, 5.41) is 14.4. The monoisotopic (exact) mass is 239 g/mol. The summed E-state index contributed by atoms with van der Waals surface area (Å²) in [5.74, 6) is 0. The van der Waals surface area contributed by atoms with Crippen LogP contribution in [0, 0.1) is 0 Å². The highest BCUT2D eigenvalue weighted by Gasteiger charge is 2.34. The standard InChI is InChI=1S/C13H18ClNO/c1-13(2)7-6-11(15-13)12(16)9-4-3-5-10(14)8-9/h3-5,8,11-12,15-16H,6-7H2,1-2H3/t11-,12+/m1/s1. The molecule has 0 saturated carbocycles. The second-order valence-corrected chi connectivity index (χ2v) is 5.61. The lowest BCUT2D eigenvalue weighted by Gasteiger charge is -2.24. The molecule has 1 fully saturated rings. The van der Waals surface area contributed by atoms with Gasteiger partial charge < -0.3 is 10.4 Å². The maximum Gasteiger partial charge on any atom is 0.0943 e. The highest BCUT2D eigenvalue weighted by Crippen LogP contribution is 2.30. The number of aliphatic hydroxyl groups is 1. The second-order valence-electron chi connectivity index (χ2n) is 5.17. The Morgan fingerprint density at radius 1 is 1.50 bits per heavy atom. The molecule has 1 aromatic carbocycles. The molecular weight excluding hydrogens is 222 g/mol. The van der Waals surface area contributed by atoms with Gasteiger partial charge in [0.25, 0.3) is 0 Å². The van der Waals surface area contributed by atoms with Gasteiger partial charge in [0.05, 0.1) is 6.10 Å². The van der Waals surface area contributed by atoms with Crippen molar-refractivity contribution in [2.24, 2.45) is 0 Å². The van der Waals surface area contributed by atoms with Crippen molar-refractivity contribution >= 4 is 11.6 Å². The van der Waals surface area contributed by atoms with Crippen LogP contribution < -0.4 is 5.32 Å². The molecule has 1 heterocycles. The van der Waals surface area contributed by atoms with Crippen molar-refractivity contribution in [3.05, 3.63) is 34.9 Å². The summed E-state index contributed by atoms with van der Waals surface area (Å²) in [5.41, 5.74) is 1.02. The van der Waals surface area contributed by atoms with E-state index in [9.17, 15) is 5.11 Å². The molecule has 0 amide bonds. The fraction of sp³-hybridized carbons (Fsp3) is 0.538. The third-order valence-corrected chi connectivity index (χ3v) is 3.46. The zero-order valence-corrected chi connectivity index (χ0v) is 10.5. The molecule has 0 radical (unpaired) electrons. The molecule has 1 aliphatic heterocycles. The van der Waals surface area contributed by atoms with E-state index >= 15 is 0 Å². The Morgan fingerprint density at radius 2 is 2.25 bits per heavy atom. The van der Waals surface area contributed by atoms with Gasteiger partial charge in [-0.25, -0.2) is 0 Å². The molecule has 0 bridgehead atoms. The third-order valence-electron chi connectivity index (χ3n) is 3.23. The number of benzene rings is 1. The van der Waals surface area contributed by atoms with Gasteiger partial charge in [-0.05, 0) is 44.4 Å². The van der Waals surface area contributed by atoms with E-state index in [1.807, 2.05) is 24.3 Å². The highest BCUT2D eigenvalue weighted by molar-refractivity contribution is 6.30. The number of halogens is 1. The second kappa shape index (κ2) is 4.36. The lowest BCUT2D eigenvalue weighted by molar-refractivity contribution is 0.131. The van der Waals surface area contributed by atoms with Crippen LogP contribution in [0.2, 0.25) is 5.02 Å². The van der Waals surface area contributed by atoms with Crippen molar-refractivity contribution in [2.45, 2.75) is 44.4 Å². The Labute approximate surface area is 102 Å². The van der Waals surface area contributed by atoms with Crippen LogP contribution >= 0.6 is 11.6 Å². The molecule has 2 atom stereocenters. The minimum atomic E-state index is -0.472. The van der Waals surface area contributed by atoms with Gasteiger partial charge in [-0.2, -0.15) is 0 Å². The summed E-state index contributed by atoms with van der Waals surface area (Å²) in [6.45, 7) is 4.33. The van der Waals surface area contributed by atoms with Crippen LogP contribution in [0.1, 0.15) is 38.4 Å². The first-order chi connectivity index (χ1) is 7.48. The Balaban J connectivity index is 2.11. The van der Waals surface area contributed by atoms with E-state index in [4.69, 9.17) is 11.6 Å². The van der Waals surface area contributed by atoms with E-state index in [-0.39, 0.29) is 11.6 Å². The molecule has 0 aromatic heterocycles. The Bertz CT molecular complexity index is 378. The molecule has 3 heteroatoms. The predicted octanol–water partition coefficient (Wildman–Crippen LogP) is 2.90. The summed E-state index contributed by atoms with van der Waals surface area (Å²) in [4.78, 5) is 0. The lowest BCUT2D eigenvalue weighted by Crippen LogP contribution is -2.40. The van der Waals surface area contributed by atoms with E-state index in [0.29, 0.717) is 5.02 Å². The van der Waals surface area contributed by atoms with Crippen LogP contribution in [0.5, 0.6) is 0 Å². The molecule has 0 aliphatic carbocycles. The maximum absolute atomic E-state index is 10.3. The van der Waals surface area contributed by atoms with E-state index in [2.05, 4.69) is 19.2 Å². The zero-order chi connectivity index (χ0) is 11.8. The van der Waals surface area contributed by atoms with Gasteiger partial charge in [-0.3, -0.25) is 0 Å². The SMILES string of the molecule is CC1(C)CC[C@H]([C@@H](O)c2cccc(Cl)c2)N1. The van der Waals surface area contributed by atoms with Crippen LogP contribution in [0.25, 0.3) is 0 Å². The average molecular weight is 240 g/mol. The van der Waals surface area contributed by atoms with Gasteiger partial charge in [-0.1, -0.05) is 23.7 Å². The predicted molar refractivity (Wildman–Crippen MR) is 66.6 cm³/mol. The van der Waals surface area contributed by atoms with Crippen LogP contribution in [0.3, 0.4) is 0 Å². The van der Waals surface area contributed by atoms with E-state index in [1.54, 1.807) is 0 Å². The lowest BCUT2D eigenvalue weighted by atomic mass is 10.0. The normalized spacial score (nSPS) is 25.6. The van der Waals surface area contributed by atoms with Gasteiger partial charge in [0.15, 0.2) is 0 Å².